The van der Waals surface area contributed by atoms with E-state index in [9.17, 15) is 4.79 Å². The van der Waals surface area contributed by atoms with Crippen LogP contribution in [-0.4, -0.2) is 10.9 Å². The minimum Gasteiger partial charge on any atom is -0.321 e. The number of aromatic nitrogens is 1. The van der Waals surface area contributed by atoms with E-state index in [1.54, 1.807) is 24.4 Å². The lowest BCUT2D eigenvalue weighted by Crippen LogP contribution is -2.13. The number of carbonyl (C=O) groups is 1. The molecule has 1 heterocycles. The van der Waals surface area contributed by atoms with E-state index in [0.717, 1.165) is 10.2 Å². The van der Waals surface area contributed by atoms with Gasteiger partial charge in [-0.15, -0.1) is 0 Å². The molecule has 1 aromatic carbocycles. The number of carbonyl (C=O) groups excluding carboxylic acids is 1. The molecule has 0 atom stereocenters. The summed E-state index contributed by atoms with van der Waals surface area (Å²) in [6.45, 7) is 0. The van der Waals surface area contributed by atoms with Gasteiger partial charge in [0.25, 0.3) is 5.91 Å². The number of halogens is 1. The van der Waals surface area contributed by atoms with Crippen LogP contribution in [-0.2, 0) is 0 Å². The maximum Gasteiger partial charge on any atom is 0.274 e. The highest BCUT2D eigenvalue weighted by molar-refractivity contribution is 9.10. The Labute approximate surface area is 102 Å². The van der Waals surface area contributed by atoms with Crippen LogP contribution < -0.4 is 5.32 Å². The van der Waals surface area contributed by atoms with Gasteiger partial charge in [-0.25, -0.2) is 0 Å². The maximum absolute atomic E-state index is 11.7. The van der Waals surface area contributed by atoms with Crippen molar-refractivity contribution in [2.75, 3.05) is 5.32 Å². The van der Waals surface area contributed by atoms with Crippen LogP contribution in [0.15, 0.2) is 53.1 Å². The van der Waals surface area contributed by atoms with Crippen molar-refractivity contribution >= 4 is 27.5 Å². The molecule has 4 heteroatoms. The topological polar surface area (TPSA) is 42.0 Å². The molecule has 0 bridgehead atoms. The molecule has 0 unspecified atom stereocenters. The second-order valence-electron chi connectivity index (χ2n) is 3.18. The number of nitrogens with one attached hydrogen (secondary N) is 1. The van der Waals surface area contributed by atoms with Crippen molar-refractivity contribution in [3.05, 3.63) is 58.8 Å². The molecule has 0 radical (unpaired) electrons. The van der Waals surface area contributed by atoms with Gasteiger partial charge in [0.05, 0.1) is 0 Å². The van der Waals surface area contributed by atoms with Gasteiger partial charge < -0.3 is 5.32 Å². The summed E-state index contributed by atoms with van der Waals surface area (Å²) in [5, 5.41) is 2.76. The Bertz CT molecular complexity index is 482. The zero-order valence-electron chi connectivity index (χ0n) is 8.35. The summed E-state index contributed by atoms with van der Waals surface area (Å²) in [6, 6.07) is 12.6. The molecule has 1 N–H and O–H groups in total. The van der Waals surface area contributed by atoms with E-state index < -0.39 is 0 Å². The van der Waals surface area contributed by atoms with Gasteiger partial charge in [-0.1, -0.05) is 22.0 Å². The summed E-state index contributed by atoms with van der Waals surface area (Å²) in [5.41, 5.74) is 1.16. The predicted molar refractivity (Wildman–Crippen MR) is 66.3 cm³/mol. The van der Waals surface area contributed by atoms with Gasteiger partial charge >= 0.3 is 0 Å². The van der Waals surface area contributed by atoms with Crippen LogP contribution in [0.25, 0.3) is 0 Å². The molecule has 0 aliphatic heterocycles. The molecule has 0 fully saturated rings. The lowest BCUT2D eigenvalue weighted by molar-refractivity contribution is 0.102. The number of hydrogen-bond donors (Lipinski definition) is 1. The van der Waals surface area contributed by atoms with E-state index in [2.05, 4.69) is 26.2 Å². The molecule has 0 spiro atoms. The number of benzene rings is 1. The Balaban J connectivity index is 2.11. The Morgan fingerprint density at radius 3 is 2.50 bits per heavy atom. The number of hydrogen-bond acceptors (Lipinski definition) is 2. The third-order valence-corrected chi connectivity index (χ3v) is 2.53. The number of nitrogens with zero attached hydrogens (tertiary/aromatic N) is 1. The van der Waals surface area contributed by atoms with Crippen molar-refractivity contribution < 1.29 is 4.79 Å². The van der Waals surface area contributed by atoms with Crippen LogP contribution in [0.1, 0.15) is 10.5 Å². The summed E-state index contributed by atoms with van der Waals surface area (Å²) >= 11 is 3.33. The molecule has 2 rings (SSSR count). The fourth-order valence-electron chi connectivity index (χ4n) is 1.23. The SMILES string of the molecule is O=C(Nc1ccc(Br)cc1)c1ccccn1. The lowest BCUT2D eigenvalue weighted by Gasteiger charge is -2.04. The fourth-order valence-corrected chi connectivity index (χ4v) is 1.49. The zero-order chi connectivity index (χ0) is 11.4. The van der Waals surface area contributed by atoms with E-state index in [-0.39, 0.29) is 5.91 Å². The minimum absolute atomic E-state index is 0.206. The smallest absolute Gasteiger partial charge is 0.274 e. The average Bonchev–Trinajstić information content (AvgIpc) is 2.33. The van der Waals surface area contributed by atoms with E-state index in [1.807, 2.05) is 24.3 Å². The largest absolute Gasteiger partial charge is 0.321 e. The molecule has 0 aliphatic carbocycles. The summed E-state index contributed by atoms with van der Waals surface area (Å²) in [7, 11) is 0. The lowest BCUT2D eigenvalue weighted by atomic mass is 10.3. The first kappa shape index (κ1) is 10.8. The van der Waals surface area contributed by atoms with Crippen molar-refractivity contribution in [3.8, 4) is 0 Å². The molecule has 3 nitrogen and oxygen atoms in total. The molecule has 0 saturated heterocycles. The number of rotatable bonds is 2. The van der Waals surface area contributed by atoms with Crippen LogP contribution >= 0.6 is 15.9 Å². The highest BCUT2D eigenvalue weighted by atomic mass is 79.9. The van der Waals surface area contributed by atoms with Crippen molar-refractivity contribution in [1.29, 1.82) is 0 Å². The van der Waals surface area contributed by atoms with E-state index in [0.29, 0.717) is 5.69 Å². The van der Waals surface area contributed by atoms with Gasteiger partial charge in [0.1, 0.15) is 5.69 Å². The first-order chi connectivity index (χ1) is 7.75. The maximum atomic E-state index is 11.7. The van der Waals surface area contributed by atoms with E-state index in [1.165, 1.54) is 0 Å². The second kappa shape index (κ2) is 4.90. The third-order valence-electron chi connectivity index (χ3n) is 2.00. The first-order valence-electron chi connectivity index (χ1n) is 4.73. The van der Waals surface area contributed by atoms with Gasteiger partial charge in [-0.3, -0.25) is 9.78 Å². The predicted octanol–water partition coefficient (Wildman–Crippen LogP) is 3.10. The summed E-state index contributed by atoms with van der Waals surface area (Å²) in [6.07, 6.45) is 1.59. The van der Waals surface area contributed by atoms with Gasteiger partial charge in [0.2, 0.25) is 0 Å². The highest BCUT2D eigenvalue weighted by Crippen LogP contribution is 2.14. The van der Waals surface area contributed by atoms with Gasteiger partial charge in [-0.05, 0) is 36.4 Å². The number of amides is 1. The van der Waals surface area contributed by atoms with Crippen LogP contribution in [0.4, 0.5) is 5.69 Å². The van der Waals surface area contributed by atoms with Crippen molar-refractivity contribution in [2.45, 2.75) is 0 Å². The Morgan fingerprint density at radius 1 is 1.12 bits per heavy atom. The Hall–Kier alpha value is -1.68. The van der Waals surface area contributed by atoms with Crippen molar-refractivity contribution in [1.82, 2.24) is 4.98 Å². The van der Waals surface area contributed by atoms with Crippen LogP contribution in [0.3, 0.4) is 0 Å². The van der Waals surface area contributed by atoms with E-state index >= 15 is 0 Å². The molecule has 0 aliphatic rings. The van der Waals surface area contributed by atoms with E-state index in [4.69, 9.17) is 0 Å². The standard InChI is InChI=1S/C12H9BrN2O/c13-9-4-6-10(7-5-9)15-12(16)11-3-1-2-8-14-11/h1-8H,(H,15,16). The zero-order valence-corrected chi connectivity index (χ0v) is 9.94. The number of anilines is 1. The monoisotopic (exact) mass is 276 g/mol. The molecule has 2 aromatic rings. The van der Waals surface area contributed by atoms with Gasteiger partial charge in [-0.2, -0.15) is 0 Å². The van der Waals surface area contributed by atoms with Crippen LogP contribution in [0, 0.1) is 0 Å². The average molecular weight is 277 g/mol. The first-order valence-corrected chi connectivity index (χ1v) is 5.53. The summed E-state index contributed by atoms with van der Waals surface area (Å²) in [4.78, 5) is 15.7. The molecular formula is C12H9BrN2O. The molecular weight excluding hydrogens is 268 g/mol. The minimum atomic E-state index is -0.206. The van der Waals surface area contributed by atoms with Crippen molar-refractivity contribution in [3.63, 3.8) is 0 Å². The third kappa shape index (κ3) is 2.67. The fraction of sp³-hybridized carbons (Fsp3) is 0. The molecule has 80 valence electrons. The van der Waals surface area contributed by atoms with Crippen LogP contribution in [0.5, 0.6) is 0 Å². The number of pyridine rings is 1. The van der Waals surface area contributed by atoms with Gasteiger partial charge in [0, 0.05) is 16.4 Å². The summed E-state index contributed by atoms with van der Waals surface area (Å²) in [5.74, 6) is -0.206. The Kier molecular flexibility index (Phi) is 3.31. The molecule has 1 aromatic heterocycles. The molecule has 16 heavy (non-hydrogen) atoms. The summed E-state index contributed by atoms with van der Waals surface area (Å²) < 4.78 is 0.975. The van der Waals surface area contributed by atoms with Crippen molar-refractivity contribution in [2.24, 2.45) is 0 Å². The normalized spacial score (nSPS) is 9.81. The Morgan fingerprint density at radius 2 is 1.88 bits per heavy atom. The quantitative estimate of drug-likeness (QED) is 0.916. The second-order valence-corrected chi connectivity index (χ2v) is 4.09. The highest BCUT2D eigenvalue weighted by Gasteiger charge is 2.05. The van der Waals surface area contributed by atoms with Crippen LogP contribution in [0.2, 0.25) is 0 Å². The molecule has 1 amide bonds. The molecule has 0 saturated carbocycles. The van der Waals surface area contributed by atoms with Gasteiger partial charge in [0.15, 0.2) is 0 Å².